The van der Waals surface area contributed by atoms with Crippen LogP contribution in [0.25, 0.3) is 0 Å². The van der Waals surface area contributed by atoms with Crippen LogP contribution in [-0.4, -0.2) is 19.3 Å². The van der Waals surface area contributed by atoms with Crippen LogP contribution in [0.4, 0.5) is 0 Å². The quantitative estimate of drug-likeness (QED) is 0.887. The van der Waals surface area contributed by atoms with Gasteiger partial charge in [0.15, 0.2) is 0 Å². The zero-order chi connectivity index (χ0) is 13.8. The largest absolute Gasteiger partial charge is 0.381 e. The summed E-state index contributed by atoms with van der Waals surface area (Å²) in [6.45, 7) is 6.63. The normalized spacial score (nSPS) is 25.3. The molecule has 106 valence electrons. The van der Waals surface area contributed by atoms with E-state index in [1.54, 1.807) is 0 Å². The summed E-state index contributed by atoms with van der Waals surface area (Å²) in [5.41, 5.74) is 4.15. The Balaban J connectivity index is 1.98. The molecule has 1 aromatic rings. The third kappa shape index (κ3) is 3.80. The molecule has 0 heterocycles. The molecule has 2 nitrogen and oxygen atoms in total. The van der Waals surface area contributed by atoms with Crippen molar-refractivity contribution in [1.82, 2.24) is 5.32 Å². The number of benzene rings is 1. The van der Waals surface area contributed by atoms with Gasteiger partial charge in [0, 0.05) is 19.2 Å². The number of methoxy groups -OCH3 is 1. The van der Waals surface area contributed by atoms with Gasteiger partial charge in [-0.25, -0.2) is 0 Å². The molecule has 0 spiro atoms. The Morgan fingerprint density at radius 1 is 1.26 bits per heavy atom. The van der Waals surface area contributed by atoms with Crippen molar-refractivity contribution in [3.63, 3.8) is 0 Å². The van der Waals surface area contributed by atoms with E-state index >= 15 is 0 Å². The van der Waals surface area contributed by atoms with E-state index in [0.29, 0.717) is 18.2 Å². The molecule has 19 heavy (non-hydrogen) atoms. The molecule has 1 N–H and O–H groups in total. The van der Waals surface area contributed by atoms with E-state index < -0.39 is 0 Å². The van der Waals surface area contributed by atoms with E-state index in [9.17, 15) is 0 Å². The van der Waals surface area contributed by atoms with Crippen LogP contribution >= 0.6 is 0 Å². The fraction of sp³-hybridized carbons (Fsp3) is 0.647. The van der Waals surface area contributed by atoms with Gasteiger partial charge in [-0.05, 0) is 57.6 Å². The highest BCUT2D eigenvalue weighted by Crippen LogP contribution is 2.25. The Hall–Kier alpha value is -0.860. The first-order chi connectivity index (χ1) is 9.10. The molecule has 2 heteroatoms. The fourth-order valence-corrected chi connectivity index (χ4v) is 3.27. The minimum atomic E-state index is 0.418. The summed E-state index contributed by atoms with van der Waals surface area (Å²) in [7, 11) is 1.83. The molecule has 2 rings (SSSR count). The summed E-state index contributed by atoms with van der Waals surface area (Å²) in [6, 6.07) is 7.75. The second-order valence-corrected chi connectivity index (χ2v) is 5.97. The summed E-state index contributed by atoms with van der Waals surface area (Å²) >= 11 is 0. The van der Waals surface area contributed by atoms with E-state index in [4.69, 9.17) is 4.74 Å². The fourth-order valence-electron chi connectivity index (χ4n) is 3.27. The van der Waals surface area contributed by atoms with Crippen molar-refractivity contribution in [3.05, 3.63) is 34.9 Å². The second-order valence-electron chi connectivity index (χ2n) is 5.97. The van der Waals surface area contributed by atoms with Gasteiger partial charge in [0.2, 0.25) is 0 Å². The first-order valence-electron chi connectivity index (χ1n) is 7.46. The van der Waals surface area contributed by atoms with Crippen LogP contribution in [0.1, 0.15) is 55.3 Å². The third-order valence-corrected chi connectivity index (χ3v) is 4.34. The highest BCUT2D eigenvalue weighted by molar-refractivity contribution is 5.32. The molecule has 0 bridgehead atoms. The lowest BCUT2D eigenvalue weighted by Crippen LogP contribution is -2.38. The van der Waals surface area contributed by atoms with Gasteiger partial charge in [-0.1, -0.05) is 23.8 Å². The van der Waals surface area contributed by atoms with Crippen molar-refractivity contribution in [3.8, 4) is 0 Å². The topological polar surface area (TPSA) is 21.3 Å². The molecule has 0 saturated heterocycles. The molecule has 1 fully saturated rings. The molecule has 0 aliphatic heterocycles. The number of hydrogen-bond donors (Lipinski definition) is 1. The van der Waals surface area contributed by atoms with Gasteiger partial charge >= 0.3 is 0 Å². The Labute approximate surface area is 117 Å². The van der Waals surface area contributed by atoms with Crippen molar-refractivity contribution in [1.29, 1.82) is 0 Å². The molecule has 3 unspecified atom stereocenters. The van der Waals surface area contributed by atoms with Crippen LogP contribution in [0, 0.1) is 13.8 Å². The lowest BCUT2D eigenvalue weighted by Gasteiger charge is -2.31. The summed E-state index contributed by atoms with van der Waals surface area (Å²) < 4.78 is 5.51. The van der Waals surface area contributed by atoms with Crippen LogP contribution in [0.5, 0.6) is 0 Å². The lowest BCUT2D eigenvalue weighted by atomic mass is 9.91. The molecule has 3 atom stereocenters. The maximum atomic E-state index is 5.51. The number of ether oxygens (including phenoxy) is 1. The zero-order valence-corrected chi connectivity index (χ0v) is 12.7. The van der Waals surface area contributed by atoms with E-state index in [0.717, 1.165) is 6.42 Å². The number of nitrogens with one attached hydrogen (secondary N) is 1. The van der Waals surface area contributed by atoms with Gasteiger partial charge in [-0.3, -0.25) is 0 Å². The smallest absolute Gasteiger partial charge is 0.0586 e. The first-order valence-corrected chi connectivity index (χ1v) is 7.46. The second kappa shape index (κ2) is 6.53. The summed E-state index contributed by atoms with van der Waals surface area (Å²) in [5, 5.41) is 3.78. The van der Waals surface area contributed by atoms with Gasteiger partial charge in [0.25, 0.3) is 0 Å². The monoisotopic (exact) mass is 261 g/mol. The van der Waals surface area contributed by atoms with Crippen molar-refractivity contribution in [2.75, 3.05) is 7.11 Å². The van der Waals surface area contributed by atoms with Gasteiger partial charge in [0.05, 0.1) is 6.10 Å². The van der Waals surface area contributed by atoms with Gasteiger partial charge in [0.1, 0.15) is 0 Å². The predicted octanol–water partition coefficient (Wildman–Crippen LogP) is 3.91. The van der Waals surface area contributed by atoms with E-state index in [-0.39, 0.29) is 0 Å². The van der Waals surface area contributed by atoms with Crippen molar-refractivity contribution < 1.29 is 4.74 Å². The maximum Gasteiger partial charge on any atom is 0.0586 e. The molecule has 1 aliphatic rings. The molecule has 1 saturated carbocycles. The predicted molar refractivity (Wildman–Crippen MR) is 80.5 cm³/mol. The average Bonchev–Trinajstić information content (AvgIpc) is 2.38. The first kappa shape index (κ1) is 14.5. The number of hydrogen-bond acceptors (Lipinski definition) is 2. The zero-order valence-electron chi connectivity index (χ0n) is 12.7. The molecule has 0 radical (unpaired) electrons. The van der Waals surface area contributed by atoms with Crippen LogP contribution in [0.2, 0.25) is 0 Å². The van der Waals surface area contributed by atoms with Crippen molar-refractivity contribution in [2.45, 2.75) is 64.6 Å². The van der Waals surface area contributed by atoms with Crippen molar-refractivity contribution >= 4 is 0 Å². The third-order valence-electron chi connectivity index (χ3n) is 4.34. The molecular formula is C17H27NO. The summed E-state index contributed by atoms with van der Waals surface area (Å²) in [4.78, 5) is 0. The molecule has 0 aromatic heterocycles. The molecular weight excluding hydrogens is 234 g/mol. The van der Waals surface area contributed by atoms with E-state index in [1.807, 2.05) is 7.11 Å². The molecule has 0 amide bonds. The van der Waals surface area contributed by atoms with Crippen LogP contribution in [0.3, 0.4) is 0 Å². The Bertz CT molecular complexity index is 416. The highest BCUT2D eigenvalue weighted by atomic mass is 16.5. The van der Waals surface area contributed by atoms with Gasteiger partial charge in [-0.2, -0.15) is 0 Å². The van der Waals surface area contributed by atoms with Crippen LogP contribution < -0.4 is 5.32 Å². The summed E-state index contributed by atoms with van der Waals surface area (Å²) in [6.07, 6.45) is 5.35. The molecule has 1 aromatic carbocycles. The van der Waals surface area contributed by atoms with E-state index in [2.05, 4.69) is 44.3 Å². The lowest BCUT2D eigenvalue weighted by molar-refractivity contribution is 0.0572. The highest BCUT2D eigenvalue weighted by Gasteiger charge is 2.23. The standard InChI is InChI=1S/C17H27NO/c1-12-8-9-17(13(2)10-12)14(3)18-15-6-5-7-16(11-15)19-4/h8-10,14-16,18H,5-7,11H2,1-4H3. The Kier molecular flexibility index (Phi) is 5.00. The van der Waals surface area contributed by atoms with Gasteiger partial charge < -0.3 is 10.1 Å². The SMILES string of the molecule is COC1CCCC(NC(C)c2ccc(C)cc2C)C1. The Morgan fingerprint density at radius 2 is 2.05 bits per heavy atom. The minimum Gasteiger partial charge on any atom is -0.381 e. The summed E-state index contributed by atoms with van der Waals surface area (Å²) in [5.74, 6) is 0. The Morgan fingerprint density at radius 3 is 2.74 bits per heavy atom. The molecule has 1 aliphatic carbocycles. The van der Waals surface area contributed by atoms with E-state index in [1.165, 1.54) is 36.0 Å². The number of aryl methyl sites for hydroxylation is 2. The van der Waals surface area contributed by atoms with Crippen LogP contribution in [-0.2, 0) is 4.74 Å². The minimum absolute atomic E-state index is 0.418. The average molecular weight is 261 g/mol. The van der Waals surface area contributed by atoms with Crippen LogP contribution in [0.15, 0.2) is 18.2 Å². The maximum absolute atomic E-state index is 5.51. The van der Waals surface area contributed by atoms with Gasteiger partial charge in [-0.15, -0.1) is 0 Å². The number of rotatable bonds is 4. The van der Waals surface area contributed by atoms with Crippen molar-refractivity contribution in [2.24, 2.45) is 0 Å².